The molecule has 0 aliphatic heterocycles. The minimum atomic E-state index is 0.608. The van der Waals surface area contributed by atoms with Gasteiger partial charge in [0.2, 0.25) is 0 Å². The molecule has 1 aromatic heterocycles. The van der Waals surface area contributed by atoms with Crippen LogP contribution in [0.3, 0.4) is 0 Å². The van der Waals surface area contributed by atoms with Crippen LogP contribution in [0.1, 0.15) is 55.2 Å². The van der Waals surface area contributed by atoms with E-state index in [9.17, 15) is 0 Å². The molecule has 0 saturated heterocycles. The van der Waals surface area contributed by atoms with Crippen molar-refractivity contribution < 1.29 is 0 Å². The molecule has 1 N–H and O–H groups in total. The molecule has 4 nitrogen and oxygen atoms in total. The van der Waals surface area contributed by atoms with Crippen molar-refractivity contribution in [3.05, 3.63) is 47.5 Å². The highest BCUT2D eigenvalue weighted by atomic mass is 15.3. The van der Waals surface area contributed by atoms with Crippen LogP contribution in [-0.4, -0.2) is 20.8 Å². The Hall–Kier alpha value is -1.68. The quantitative estimate of drug-likeness (QED) is 0.891. The Morgan fingerprint density at radius 2 is 1.91 bits per heavy atom. The minimum Gasteiger partial charge on any atom is -0.317 e. The fourth-order valence-corrected chi connectivity index (χ4v) is 3.92. The third-order valence-electron chi connectivity index (χ3n) is 5.46. The maximum Gasteiger partial charge on any atom is 0.146 e. The Morgan fingerprint density at radius 3 is 2.70 bits per heavy atom. The monoisotopic (exact) mass is 310 g/mol. The molecule has 0 bridgehead atoms. The number of nitrogens with zero attached hydrogens (tertiary/aromatic N) is 3. The van der Waals surface area contributed by atoms with E-state index in [0.717, 1.165) is 18.3 Å². The smallest absolute Gasteiger partial charge is 0.146 e. The number of nitrogens with one attached hydrogen (secondary N) is 1. The molecule has 0 radical (unpaired) electrons. The molecule has 1 heterocycles. The summed E-state index contributed by atoms with van der Waals surface area (Å²) in [6.45, 7) is 0.839. The van der Waals surface area contributed by atoms with Crippen LogP contribution >= 0.6 is 0 Å². The molecular formula is C19H26N4. The molecule has 2 atom stereocenters. The van der Waals surface area contributed by atoms with Gasteiger partial charge in [-0.15, -0.1) is 10.2 Å². The first-order valence-electron chi connectivity index (χ1n) is 8.96. The van der Waals surface area contributed by atoms with Crippen molar-refractivity contribution in [2.75, 3.05) is 0 Å². The SMILES string of the molecule is Cn1c(CN[C@H]2CCC[C@H]2Cc2ccccc2)nnc1C1CC1. The van der Waals surface area contributed by atoms with E-state index < -0.39 is 0 Å². The first-order chi connectivity index (χ1) is 11.3. The Labute approximate surface area is 138 Å². The predicted molar refractivity (Wildman–Crippen MR) is 91.1 cm³/mol. The minimum absolute atomic E-state index is 0.608. The van der Waals surface area contributed by atoms with E-state index in [2.05, 4.69) is 57.5 Å². The molecule has 4 heteroatoms. The number of rotatable bonds is 6. The van der Waals surface area contributed by atoms with E-state index in [1.807, 2.05) is 0 Å². The third kappa shape index (κ3) is 3.32. The number of aromatic nitrogens is 3. The van der Waals surface area contributed by atoms with Crippen LogP contribution in [0, 0.1) is 5.92 Å². The number of hydrogen-bond acceptors (Lipinski definition) is 3. The second kappa shape index (κ2) is 6.44. The van der Waals surface area contributed by atoms with E-state index >= 15 is 0 Å². The van der Waals surface area contributed by atoms with Gasteiger partial charge in [-0.25, -0.2) is 0 Å². The lowest BCUT2D eigenvalue weighted by molar-refractivity contribution is 0.390. The maximum atomic E-state index is 4.40. The van der Waals surface area contributed by atoms with Crippen LogP contribution in [0.4, 0.5) is 0 Å². The van der Waals surface area contributed by atoms with Crippen molar-refractivity contribution in [2.45, 2.75) is 57.0 Å². The normalized spacial score (nSPS) is 24.2. The average molecular weight is 310 g/mol. The summed E-state index contributed by atoms with van der Waals surface area (Å²) >= 11 is 0. The van der Waals surface area contributed by atoms with Crippen molar-refractivity contribution >= 4 is 0 Å². The number of benzene rings is 1. The highest BCUT2D eigenvalue weighted by Crippen LogP contribution is 2.38. The molecule has 122 valence electrons. The fourth-order valence-electron chi connectivity index (χ4n) is 3.92. The zero-order valence-electron chi connectivity index (χ0n) is 13.9. The molecule has 2 aromatic rings. The Morgan fingerprint density at radius 1 is 1.09 bits per heavy atom. The van der Waals surface area contributed by atoms with Crippen molar-refractivity contribution in [1.29, 1.82) is 0 Å². The van der Waals surface area contributed by atoms with E-state index in [-0.39, 0.29) is 0 Å². The molecule has 2 aliphatic rings. The molecule has 4 rings (SSSR count). The topological polar surface area (TPSA) is 42.7 Å². The highest BCUT2D eigenvalue weighted by molar-refractivity contribution is 5.16. The van der Waals surface area contributed by atoms with Gasteiger partial charge < -0.3 is 9.88 Å². The maximum absolute atomic E-state index is 4.40. The van der Waals surface area contributed by atoms with Crippen LogP contribution in [-0.2, 0) is 20.0 Å². The molecular weight excluding hydrogens is 284 g/mol. The van der Waals surface area contributed by atoms with Gasteiger partial charge in [-0.2, -0.15) is 0 Å². The third-order valence-corrected chi connectivity index (χ3v) is 5.46. The lowest BCUT2D eigenvalue weighted by Crippen LogP contribution is -2.33. The van der Waals surface area contributed by atoms with Gasteiger partial charge in [0.05, 0.1) is 6.54 Å². The van der Waals surface area contributed by atoms with Crippen LogP contribution in [0.2, 0.25) is 0 Å². The van der Waals surface area contributed by atoms with Crippen LogP contribution in [0.25, 0.3) is 0 Å². The molecule has 2 aliphatic carbocycles. The lowest BCUT2D eigenvalue weighted by atomic mass is 9.94. The molecule has 0 unspecified atom stereocenters. The summed E-state index contributed by atoms with van der Waals surface area (Å²) in [6, 6.07) is 11.5. The zero-order chi connectivity index (χ0) is 15.6. The van der Waals surface area contributed by atoms with E-state index in [1.54, 1.807) is 0 Å². The fraction of sp³-hybridized carbons (Fsp3) is 0.579. The van der Waals surface area contributed by atoms with Gasteiger partial charge in [-0.05, 0) is 43.6 Å². The average Bonchev–Trinajstić information content (AvgIpc) is 3.22. The highest BCUT2D eigenvalue weighted by Gasteiger charge is 2.30. The van der Waals surface area contributed by atoms with Crippen LogP contribution in [0.15, 0.2) is 30.3 Å². The predicted octanol–water partition coefficient (Wildman–Crippen LogP) is 3.19. The summed E-state index contributed by atoms with van der Waals surface area (Å²) in [5.74, 6) is 3.67. The first kappa shape index (κ1) is 14.9. The van der Waals surface area contributed by atoms with E-state index in [1.165, 1.54) is 49.9 Å². The standard InChI is InChI=1S/C19H26N4/c1-23-18(21-22-19(23)15-10-11-15)13-20-17-9-5-8-16(17)12-14-6-3-2-4-7-14/h2-4,6-7,15-17,20H,5,8-13H2,1H3/t16-,17-/m0/s1. The van der Waals surface area contributed by atoms with Crippen LogP contribution < -0.4 is 5.32 Å². The van der Waals surface area contributed by atoms with E-state index in [0.29, 0.717) is 12.0 Å². The van der Waals surface area contributed by atoms with E-state index in [4.69, 9.17) is 0 Å². The largest absolute Gasteiger partial charge is 0.317 e. The molecule has 23 heavy (non-hydrogen) atoms. The molecule has 0 amide bonds. The summed E-state index contributed by atoms with van der Waals surface area (Å²) in [4.78, 5) is 0. The Bertz CT molecular complexity index is 645. The Balaban J connectivity index is 1.36. The molecule has 2 saturated carbocycles. The summed E-state index contributed by atoms with van der Waals surface area (Å²) < 4.78 is 2.20. The van der Waals surface area contributed by atoms with Gasteiger partial charge in [-0.3, -0.25) is 0 Å². The first-order valence-corrected chi connectivity index (χ1v) is 8.96. The lowest BCUT2D eigenvalue weighted by Gasteiger charge is -2.21. The van der Waals surface area contributed by atoms with Crippen molar-refractivity contribution in [2.24, 2.45) is 13.0 Å². The van der Waals surface area contributed by atoms with Gasteiger partial charge in [-0.1, -0.05) is 36.8 Å². The second-order valence-corrected chi connectivity index (χ2v) is 7.18. The Kier molecular flexibility index (Phi) is 4.17. The van der Waals surface area contributed by atoms with Gasteiger partial charge in [0.15, 0.2) is 0 Å². The van der Waals surface area contributed by atoms with Gasteiger partial charge >= 0.3 is 0 Å². The van der Waals surface area contributed by atoms with Crippen molar-refractivity contribution in [3.8, 4) is 0 Å². The van der Waals surface area contributed by atoms with Crippen molar-refractivity contribution in [1.82, 2.24) is 20.1 Å². The van der Waals surface area contributed by atoms with Gasteiger partial charge in [0, 0.05) is 19.0 Å². The molecule has 1 aromatic carbocycles. The zero-order valence-corrected chi connectivity index (χ0v) is 13.9. The van der Waals surface area contributed by atoms with Gasteiger partial charge in [0.25, 0.3) is 0 Å². The molecule has 2 fully saturated rings. The molecule has 0 spiro atoms. The summed E-state index contributed by atoms with van der Waals surface area (Å²) in [6.07, 6.45) is 7.69. The summed E-state index contributed by atoms with van der Waals surface area (Å²) in [7, 11) is 2.11. The summed E-state index contributed by atoms with van der Waals surface area (Å²) in [5.41, 5.74) is 1.46. The van der Waals surface area contributed by atoms with Gasteiger partial charge in [0.1, 0.15) is 11.6 Å². The van der Waals surface area contributed by atoms with Crippen molar-refractivity contribution in [3.63, 3.8) is 0 Å². The second-order valence-electron chi connectivity index (χ2n) is 7.18. The number of hydrogen-bond donors (Lipinski definition) is 1. The van der Waals surface area contributed by atoms with Crippen LogP contribution in [0.5, 0.6) is 0 Å². The summed E-state index contributed by atoms with van der Waals surface area (Å²) in [5, 5.41) is 12.5.